The number of carbonyl (C=O) groups excluding carboxylic acids is 1. The highest BCUT2D eigenvalue weighted by molar-refractivity contribution is 6.74. The predicted molar refractivity (Wildman–Crippen MR) is 61.1 cm³/mol. The quantitative estimate of drug-likeness (QED) is 0.385. The van der Waals surface area contributed by atoms with Gasteiger partial charge in [-0.1, -0.05) is 6.92 Å². The Bertz CT molecular complexity index is 268. The summed E-state index contributed by atoms with van der Waals surface area (Å²) in [5.74, 6) is -1.84. The zero-order chi connectivity index (χ0) is 12.2. The van der Waals surface area contributed by atoms with Crippen molar-refractivity contribution >= 4 is 24.0 Å². The summed E-state index contributed by atoms with van der Waals surface area (Å²) < 4.78 is 5.57. The zero-order valence-electron chi connectivity index (χ0n) is 9.37. The molecule has 0 bridgehead atoms. The number of hydrogen-bond donors (Lipinski definition) is 3. The highest BCUT2D eigenvalue weighted by Gasteiger charge is 2.24. The van der Waals surface area contributed by atoms with Crippen LogP contribution < -0.4 is 5.73 Å². The first-order valence-electron chi connectivity index (χ1n) is 4.50. The lowest BCUT2D eigenvalue weighted by Crippen LogP contribution is -2.31. The lowest BCUT2D eigenvalue weighted by Gasteiger charge is -2.20. The molecule has 1 unspecified atom stereocenters. The van der Waals surface area contributed by atoms with Crippen LogP contribution in [-0.4, -0.2) is 34.2 Å². The zero-order valence-corrected chi connectivity index (χ0v) is 11.4. The number of rotatable bonds is 5. The van der Waals surface area contributed by atoms with E-state index in [1.54, 1.807) is 6.92 Å². The molecule has 1 atom stereocenters. The molecule has 0 aromatic carbocycles. The second kappa shape index (κ2) is 5.33. The van der Waals surface area contributed by atoms with E-state index >= 15 is 0 Å². The van der Waals surface area contributed by atoms with Crippen LogP contribution in [0.3, 0.4) is 0 Å². The Balaban J connectivity index is 4.50. The highest BCUT2D eigenvalue weighted by atomic mass is 28.4. The van der Waals surface area contributed by atoms with E-state index in [2.05, 4.69) is 0 Å². The van der Waals surface area contributed by atoms with Crippen molar-refractivity contribution in [3.8, 4) is 0 Å². The summed E-state index contributed by atoms with van der Waals surface area (Å²) in [7, 11) is -1.65. The molecular formula is C8H17NO4Si2. The van der Waals surface area contributed by atoms with E-state index in [-0.39, 0.29) is 20.9 Å². The second-order valence-electron chi connectivity index (χ2n) is 4.16. The molecular weight excluding hydrogens is 230 g/mol. The normalized spacial score (nSPS) is 13.3. The third-order valence-electron chi connectivity index (χ3n) is 1.48. The van der Waals surface area contributed by atoms with Gasteiger partial charge in [0.05, 0.1) is 5.57 Å². The average molecular weight is 247 g/mol. The van der Waals surface area contributed by atoms with Gasteiger partial charge < -0.3 is 20.1 Å². The van der Waals surface area contributed by atoms with E-state index in [1.807, 2.05) is 19.6 Å². The summed E-state index contributed by atoms with van der Waals surface area (Å²) in [4.78, 5) is 10.9. The van der Waals surface area contributed by atoms with Gasteiger partial charge in [-0.05, 0) is 19.6 Å². The molecule has 0 spiro atoms. The Kier molecular flexibility index (Phi) is 5.05. The maximum atomic E-state index is 10.9. The van der Waals surface area contributed by atoms with Crippen molar-refractivity contribution in [1.29, 1.82) is 0 Å². The first-order valence-corrected chi connectivity index (χ1v) is 8.90. The molecule has 0 saturated heterocycles. The Morgan fingerprint density at radius 1 is 1.40 bits per heavy atom. The molecule has 7 heteroatoms. The third-order valence-corrected chi connectivity index (χ3v) is 5.04. The van der Waals surface area contributed by atoms with Crippen molar-refractivity contribution in [2.45, 2.75) is 32.1 Å². The molecule has 4 N–H and O–H groups in total. The summed E-state index contributed by atoms with van der Waals surface area (Å²) in [6, 6.07) is 0. The Hall–Kier alpha value is -0.796. The molecule has 86 valence electrons. The summed E-state index contributed by atoms with van der Waals surface area (Å²) in [6.45, 7) is 7.71. The fraction of sp³-hybridized carbons (Fsp3) is 0.625. The molecule has 0 saturated carbocycles. The summed E-state index contributed by atoms with van der Waals surface area (Å²) in [6.07, 6.45) is 0. The van der Waals surface area contributed by atoms with Crippen molar-refractivity contribution in [2.24, 2.45) is 5.73 Å². The van der Waals surface area contributed by atoms with Crippen LogP contribution in [0, 0.1) is 0 Å². The van der Waals surface area contributed by atoms with E-state index in [0.717, 1.165) is 0 Å². The fourth-order valence-corrected chi connectivity index (χ4v) is 3.35. The third kappa shape index (κ3) is 5.60. The van der Waals surface area contributed by atoms with Crippen LogP contribution >= 0.6 is 0 Å². The molecule has 0 aliphatic carbocycles. The number of carbonyl (C=O) groups is 1. The van der Waals surface area contributed by atoms with E-state index in [0.29, 0.717) is 0 Å². The molecule has 0 fully saturated rings. The number of amides is 1. The van der Waals surface area contributed by atoms with Gasteiger partial charge in [0.25, 0.3) is 11.9 Å². The van der Waals surface area contributed by atoms with Crippen molar-refractivity contribution in [3.05, 3.63) is 11.5 Å². The molecule has 15 heavy (non-hydrogen) atoms. The molecule has 0 aromatic rings. The van der Waals surface area contributed by atoms with Crippen molar-refractivity contribution in [3.63, 3.8) is 0 Å². The fourth-order valence-electron chi connectivity index (χ4n) is 0.841. The van der Waals surface area contributed by atoms with Gasteiger partial charge in [0.2, 0.25) is 9.76 Å². The van der Waals surface area contributed by atoms with Crippen LogP contribution in [0.25, 0.3) is 0 Å². The number of nitrogens with two attached hydrogens (primary N) is 1. The van der Waals surface area contributed by atoms with Gasteiger partial charge >= 0.3 is 0 Å². The molecule has 0 aliphatic rings. The van der Waals surface area contributed by atoms with Crippen LogP contribution in [0.4, 0.5) is 0 Å². The Labute approximate surface area is 93.0 Å². The lowest BCUT2D eigenvalue weighted by molar-refractivity contribution is -0.115. The van der Waals surface area contributed by atoms with Crippen LogP contribution in [-0.2, 0) is 8.91 Å². The van der Waals surface area contributed by atoms with E-state index in [9.17, 15) is 4.79 Å². The minimum atomic E-state index is -1.66. The smallest absolute Gasteiger partial charge is 0.283 e. The van der Waals surface area contributed by atoms with E-state index < -0.39 is 20.2 Å². The first-order chi connectivity index (χ1) is 6.65. The van der Waals surface area contributed by atoms with Crippen LogP contribution in [0.15, 0.2) is 11.5 Å². The Morgan fingerprint density at radius 2 is 1.87 bits per heavy atom. The summed E-state index contributed by atoms with van der Waals surface area (Å²) >= 11 is 0. The molecule has 1 amide bonds. The molecule has 0 aliphatic heterocycles. The van der Waals surface area contributed by atoms with Crippen molar-refractivity contribution in [2.75, 3.05) is 0 Å². The lowest BCUT2D eigenvalue weighted by atomic mass is 10.2. The second-order valence-corrected chi connectivity index (χ2v) is 10.3. The van der Waals surface area contributed by atoms with Crippen molar-refractivity contribution < 1.29 is 19.1 Å². The van der Waals surface area contributed by atoms with Gasteiger partial charge in [0.1, 0.15) is 0 Å². The van der Waals surface area contributed by atoms with Gasteiger partial charge in [0, 0.05) is 5.54 Å². The first kappa shape index (κ1) is 14.2. The largest absolute Gasteiger partial charge is 0.481 e. The number of primary amides is 1. The van der Waals surface area contributed by atoms with Gasteiger partial charge in [-0.25, -0.2) is 0 Å². The highest BCUT2D eigenvalue weighted by Crippen LogP contribution is 2.19. The summed E-state index contributed by atoms with van der Waals surface area (Å²) in [5, 5.41) is 17.8. The number of hydrogen-bond acceptors (Lipinski definition) is 4. The average Bonchev–Trinajstić information content (AvgIpc) is 1.97. The van der Waals surface area contributed by atoms with Crippen LogP contribution in [0.5, 0.6) is 0 Å². The Morgan fingerprint density at radius 3 is 2.13 bits per heavy atom. The minimum Gasteiger partial charge on any atom is -0.481 e. The maximum Gasteiger partial charge on any atom is 0.283 e. The SMILES string of the molecule is CC([Si]O[Si](C)(C)C)C(C(N)=O)=C(O)O. The topological polar surface area (TPSA) is 92.8 Å². The number of aliphatic hydroxyl groups excluding tert-OH is 1. The van der Waals surface area contributed by atoms with E-state index in [4.69, 9.17) is 20.1 Å². The monoisotopic (exact) mass is 247 g/mol. The summed E-state index contributed by atoms with van der Waals surface area (Å²) in [5.41, 5.74) is 4.46. The van der Waals surface area contributed by atoms with Gasteiger partial charge in [0.15, 0.2) is 8.32 Å². The maximum absolute atomic E-state index is 10.9. The molecule has 0 aromatic heterocycles. The van der Waals surface area contributed by atoms with Gasteiger partial charge in [-0.3, -0.25) is 4.79 Å². The minimum absolute atomic E-state index is 0.00631. The van der Waals surface area contributed by atoms with Crippen LogP contribution in [0.1, 0.15) is 6.92 Å². The number of aliphatic hydroxyl groups is 2. The molecule has 0 rings (SSSR count). The molecule has 0 heterocycles. The standard InChI is InChI=1S/C8H17NO4Si2/c1-5(14-13-15(2,3)4)6(7(9)10)8(11)12/h5,11-12H,1-4H3,(H2,9,10). The van der Waals surface area contributed by atoms with E-state index in [1.165, 1.54) is 0 Å². The van der Waals surface area contributed by atoms with Crippen LogP contribution in [0.2, 0.25) is 25.2 Å². The van der Waals surface area contributed by atoms with Crippen molar-refractivity contribution in [1.82, 2.24) is 0 Å². The molecule has 2 radical (unpaired) electrons. The van der Waals surface area contributed by atoms with Gasteiger partial charge in [-0.2, -0.15) is 0 Å². The van der Waals surface area contributed by atoms with Gasteiger partial charge in [-0.15, -0.1) is 0 Å². The predicted octanol–water partition coefficient (Wildman–Crippen LogP) is 1.08. The molecule has 5 nitrogen and oxygen atoms in total.